The molecule has 1 amide bonds. The van der Waals surface area contributed by atoms with Crippen LogP contribution >= 0.6 is 0 Å². The molecule has 0 spiro atoms. The Morgan fingerprint density at radius 1 is 1.38 bits per heavy atom. The molecule has 0 heterocycles. The van der Waals surface area contributed by atoms with Crippen molar-refractivity contribution in [3.05, 3.63) is 52.4 Å². The summed E-state index contributed by atoms with van der Waals surface area (Å²) in [5, 5.41) is 2.71. The Hall–Kier alpha value is -1.91. The number of hydrogen-bond acceptors (Lipinski definition) is 1. The van der Waals surface area contributed by atoms with Gasteiger partial charge in [0.1, 0.15) is 4.90 Å². The van der Waals surface area contributed by atoms with Crippen LogP contribution in [0.2, 0.25) is 0 Å². The van der Waals surface area contributed by atoms with Crippen LogP contribution in [0.15, 0.2) is 41.3 Å². The number of carbonyl (C=O) groups excluding carboxylic acids is 1. The van der Waals surface area contributed by atoms with Crippen molar-refractivity contribution in [1.29, 1.82) is 0 Å². The Labute approximate surface area is 99.0 Å². The first-order valence-corrected chi connectivity index (χ1v) is 4.78. The van der Waals surface area contributed by atoms with Crippen molar-refractivity contribution in [3.63, 3.8) is 0 Å². The van der Waals surface area contributed by atoms with Gasteiger partial charge < -0.3 is 16.4 Å². The lowest BCUT2D eigenvalue weighted by molar-refractivity contribution is -0.112. The van der Waals surface area contributed by atoms with E-state index >= 15 is 0 Å². The molecule has 0 aliphatic heterocycles. The minimum atomic E-state index is -0.151. The second-order valence-corrected chi connectivity index (χ2v) is 3.48. The summed E-state index contributed by atoms with van der Waals surface area (Å²) in [6.07, 6.45) is 0. The number of nitrogens with one attached hydrogen (secondary N) is 1. The maximum Gasteiger partial charge on any atom is 0.250 e. The number of nitrogens with zero attached hydrogens (tertiary/aromatic N) is 3. The van der Waals surface area contributed by atoms with E-state index in [1.54, 1.807) is 6.92 Å². The molecule has 0 bridgehead atoms. The van der Waals surface area contributed by atoms with Gasteiger partial charge in [0.2, 0.25) is 0 Å². The average molecular weight is 236 g/mol. The van der Waals surface area contributed by atoms with E-state index in [1.807, 2.05) is 24.3 Å². The van der Waals surface area contributed by atoms with Crippen LogP contribution in [0.4, 0.5) is 5.69 Å². The van der Waals surface area contributed by atoms with E-state index in [9.17, 15) is 4.79 Å². The first-order valence-electron chi connectivity index (χ1n) is 4.28. The fourth-order valence-electron chi connectivity index (χ4n) is 0.791. The van der Waals surface area contributed by atoms with Crippen LogP contribution in [0.3, 0.4) is 0 Å². The monoisotopic (exact) mass is 236 g/mol. The highest BCUT2D eigenvalue weighted by atomic mass is 32.1. The largest absolute Gasteiger partial charge is 0.373 e. The van der Waals surface area contributed by atoms with Crippen molar-refractivity contribution in [2.45, 2.75) is 11.8 Å². The molecular weight excluding hydrogens is 224 g/mol. The van der Waals surface area contributed by atoms with Gasteiger partial charge in [0.25, 0.3) is 5.91 Å². The molecule has 5 nitrogen and oxygen atoms in total. The van der Waals surface area contributed by atoms with Gasteiger partial charge in [-0.05, 0) is 43.8 Å². The molecular formula is C10H12N4OS. The summed E-state index contributed by atoms with van der Waals surface area (Å²) in [5.74, 6) is -0.151. The zero-order valence-corrected chi connectivity index (χ0v) is 9.77. The van der Waals surface area contributed by atoms with Gasteiger partial charge in [-0.15, -0.1) is 0 Å². The topological polar surface area (TPSA) is 87.8 Å². The summed E-state index contributed by atoms with van der Waals surface area (Å²) < 4.78 is 0. The molecule has 1 N–H and O–H groups in total. The molecule has 1 aromatic carbocycles. The van der Waals surface area contributed by atoms with Gasteiger partial charge in [-0.3, -0.25) is 9.71 Å². The summed E-state index contributed by atoms with van der Waals surface area (Å²) >= 11 is 3.36. The molecule has 0 saturated heterocycles. The van der Waals surface area contributed by atoms with Gasteiger partial charge in [0.05, 0.1) is 0 Å². The van der Waals surface area contributed by atoms with Crippen LogP contribution in [0, 0.1) is 0 Å². The summed E-state index contributed by atoms with van der Waals surface area (Å²) in [6.45, 7) is 5.22. The first-order chi connectivity index (χ1) is 7.51. The van der Waals surface area contributed by atoms with Gasteiger partial charge in [-0.2, -0.15) is 0 Å². The summed E-state index contributed by atoms with van der Waals surface area (Å²) in [7, 11) is 0. The van der Waals surface area contributed by atoms with E-state index in [4.69, 9.17) is 11.1 Å². The standard InChI is InChI=1S/C10H11NOS.N3/c1-7(2)10(12)11-8-3-5-9(13)6-4-8;1-3-2/h3-6,13H,1H2,2H3,(H,11,12);/q;-1/p+1. The molecule has 6 heteroatoms. The normalized spacial score (nSPS) is 8.12. The zero-order chi connectivity index (χ0) is 12.6. The number of carbonyl (C=O) groups is 1. The minimum Gasteiger partial charge on any atom is -0.373 e. The summed E-state index contributed by atoms with van der Waals surface area (Å²) in [4.78, 5) is 13.7. The van der Waals surface area contributed by atoms with Crippen LogP contribution in [-0.4, -0.2) is 5.91 Å². The van der Waals surface area contributed by atoms with Crippen LogP contribution in [-0.2, 0) is 17.4 Å². The Kier molecular flexibility index (Phi) is 6.51. The SMILES string of the molecule is C=C(C)C(=O)Nc1ccc([SH2+])cc1.[N-]=[N+]=[N-]. The molecule has 0 aliphatic rings. The summed E-state index contributed by atoms with van der Waals surface area (Å²) in [5.41, 5.74) is 14.8. The van der Waals surface area contributed by atoms with Gasteiger partial charge >= 0.3 is 0 Å². The molecule has 1 aromatic rings. The third-order valence-corrected chi connectivity index (χ3v) is 1.86. The van der Waals surface area contributed by atoms with Crippen LogP contribution in [0.1, 0.15) is 6.92 Å². The highest BCUT2D eigenvalue weighted by Crippen LogP contribution is 2.09. The second-order valence-electron chi connectivity index (χ2n) is 2.90. The average Bonchev–Trinajstić information content (AvgIpc) is 2.22. The number of benzene rings is 1. The fourth-order valence-corrected chi connectivity index (χ4v) is 0.958. The highest BCUT2D eigenvalue weighted by Gasteiger charge is 2.01. The van der Waals surface area contributed by atoms with Crippen molar-refractivity contribution in [2.75, 3.05) is 5.32 Å². The first kappa shape index (κ1) is 14.1. The predicted molar refractivity (Wildman–Crippen MR) is 68.4 cm³/mol. The predicted octanol–water partition coefficient (Wildman–Crippen LogP) is 2.44. The number of anilines is 1. The molecule has 0 saturated carbocycles. The van der Waals surface area contributed by atoms with Gasteiger partial charge in [0.15, 0.2) is 0 Å². The van der Waals surface area contributed by atoms with Crippen molar-refractivity contribution in [2.24, 2.45) is 0 Å². The zero-order valence-electron chi connectivity index (χ0n) is 8.77. The van der Waals surface area contributed by atoms with Crippen molar-refractivity contribution < 1.29 is 4.79 Å². The fraction of sp³-hybridized carbons (Fsp3) is 0.100. The van der Waals surface area contributed by atoms with Gasteiger partial charge in [-0.1, -0.05) is 6.58 Å². The molecule has 0 aromatic heterocycles. The van der Waals surface area contributed by atoms with Gasteiger partial charge in [-0.25, -0.2) is 0 Å². The van der Waals surface area contributed by atoms with Crippen LogP contribution in [0.5, 0.6) is 0 Å². The van der Waals surface area contributed by atoms with Crippen molar-refractivity contribution in [3.8, 4) is 0 Å². The van der Waals surface area contributed by atoms with E-state index in [0.717, 1.165) is 10.6 Å². The van der Waals surface area contributed by atoms with Crippen molar-refractivity contribution in [1.82, 2.24) is 0 Å². The molecule has 1 rings (SSSR count). The van der Waals surface area contributed by atoms with E-state index in [1.165, 1.54) is 4.91 Å². The summed E-state index contributed by atoms with van der Waals surface area (Å²) in [6, 6.07) is 7.38. The maximum absolute atomic E-state index is 11.2. The molecule has 0 fully saturated rings. The Balaban J connectivity index is 0.000000673. The van der Waals surface area contributed by atoms with E-state index in [-0.39, 0.29) is 5.91 Å². The smallest absolute Gasteiger partial charge is 0.250 e. The number of rotatable bonds is 2. The Bertz CT molecular complexity index is 407. The van der Waals surface area contributed by atoms with E-state index in [2.05, 4.69) is 24.5 Å². The third kappa shape index (κ3) is 5.74. The van der Waals surface area contributed by atoms with Gasteiger partial charge in [0, 0.05) is 11.3 Å². The molecule has 84 valence electrons. The second kappa shape index (κ2) is 7.39. The lowest BCUT2D eigenvalue weighted by Gasteiger charge is -2.02. The number of hydrogen-bond donors (Lipinski definition) is 1. The molecule has 0 unspecified atom stereocenters. The van der Waals surface area contributed by atoms with Crippen LogP contribution in [0.25, 0.3) is 16.0 Å². The molecule has 0 atom stereocenters. The Morgan fingerprint density at radius 3 is 2.19 bits per heavy atom. The lowest BCUT2D eigenvalue weighted by atomic mass is 10.3. The Morgan fingerprint density at radius 2 is 1.81 bits per heavy atom. The lowest BCUT2D eigenvalue weighted by Crippen LogP contribution is -2.11. The van der Waals surface area contributed by atoms with Crippen LogP contribution < -0.4 is 5.32 Å². The molecule has 16 heavy (non-hydrogen) atoms. The maximum atomic E-state index is 11.2. The third-order valence-electron chi connectivity index (χ3n) is 1.53. The minimum absolute atomic E-state index is 0.151. The van der Waals surface area contributed by atoms with E-state index < -0.39 is 0 Å². The van der Waals surface area contributed by atoms with Crippen molar-refractivity contribution >= 4 is 24.2 Å². The molecule has 0 aliphatic carbocycles. The highest BCUT2D eigenvalue weighted by molar-refractivity contribution is 7.58. The van der Waals surface area contributed by atoms with E-state index in [0.29, 0.717) is 5.57 Å². The quantitative estimate of drug-likeness (QED) is 0.276. The number of amides is 1. The molecule has 0 radical (unpaired) electrons.